The molecule has 0 amide bonds. The van der Waals surface area contributed by atoms with Crippen molar-refractivity contribution in [2.75, 3.05) is 5.73 Å². The second-order valence-corrected chi connectivity index (χ2v) is 1.94. The number of rotatable bonds is 0. The standard InChI is InChI=1S/C4H6ClN3/c1-8-2-3(5)4(6)7-8/h2H,1H3,(H2,6,7). The summed E-state index contributed by atoms with van der Waals surface area (Å²) in [7, 11) is 1.77. The van der Waals surface area contributed by atoms with Crippen molar-refractivity contribution in [3.63, 3.8) is 0 Å². The number of aryl methyl sites for hydroxylation is 1. The first-order valence-corrected chi connectivity index (χ1v) is 2.52. The number of nitrogens with zero attached hydrogens (tertiary/aromatic N) is 2. The third kappa shape index (κ3) is 0.767. The Labute approximate surface area is 52.0 Å². The average Bonchev–Trinajstić information content (AvgIpc) is 1.85. The van der Waals surface area contributed by atoms with Gasteiger partial charge in [-0.05, 0) is 0 Å². The van der Waals surface area contributed by atoms with Crippen molar-refractivity contribution in [3.8, 4) is 0 Å². The van der Waals surface area contributed by atoms with Gasteiger partial charge in [0.15, 0.2) is 5.82 Å². The van der Waals surface area contributed by atoms with E-state index in [1.165, 1.54) is 0 Å². The molecule has 0 saturated carbocycles. The molecule has 1 aromatic heterocycles. The third-order valence-electron chi connectivity index (χ3n) is 0.810. The van der Waals surface area contributed by atoms with Crippen LogP contribution in [0.1, 0.15) is 0 Å². The average molecular weight is 132 g/mol. The van der Waals surface area contributed by atoms with Crippen LogP contribution in [0.15, 0.2) is 6.20 Å². The minimum Gasteiger partial charge on any atom is -0.381 e. The molecule has 0 aliphatic rings. The Morgan fingerprint density at radius 3 is 2.62 bits per heavy atom. The van der Waals surface area contributed by atoms with Gasteiger partial charge in [0.1, 0.15) is 5.02 Å². The molecule has 4 heteroatoms. The summed E-state index contributed by atoms with van der Waals surface area (Å²) in [5.41, 5.74) is 5.28. The molecular formula is C4H6ClN3. The molecule has 0 fully saturated rings. The predicted octanol–water partition coefficient (Wildman–Crippen LogP) is 0.656. The Kier molecular flexibility index (Phi) is 1.13. The highest BCUT2D eigenvalue weighted by Crippen LogP contribution is 2.13. The molecule has 0 bridgehead atoms. The highest BCUT2D eigenvalue weighted by molar-refractivity contribution is 6.32. The summed E-state index contributed by atoms with van der Waals surface area (Å²) in [5.74, 6) is 0.383. The van der Waals surface area contributed by atoms with Crippen LogP contribution < -0.4 is 5.73 Å². The number of nitrogen functional groups attached to an aromatic ring is 1. The molecule has 0 atom stereocenters. The fourth-order valence-electron chi connectivity index (χ4n) is 0.477. The van der Waals surface area contributed by atoms with Crippen molar-refractivity contribution in [3.05, 3.63) is 11.2 Å². The molecule has 3 nitrogen and oxygen atoms in total. The second-order valence-electron chi connectivity index (χ2n) is 1.54. The molecule has 2 N–H and O–H groups in total. The molecule has 0 aliphatic carbocycles. The van der Waals surface area contributed by atoms with Crippen molar-refractivity contribution in [2.24, 2.45) is 7.05 Å². The zero-order valence-electron chi connectivity index (χ0n) is 4.43. The molecule has 1 heterocycles. The Balaban J connectivity index is 3.14. The summed E-state index contributed by atoms with van der Waals surface area (Å²) in [6.45, 7) is 0. The van der Waals surface area contributed by atoms with Crippen LogP contribution in [0.4, 0.5) is 5.82 Å². The van der Waals surface area contributed by atoms with Crippen LogP contribution in [0.25, 0.3) is 0 Å². The van der Waals surface area contributed by atoms with Crippen LogP contribution in [-0.4, -0.2) is 9.78 Å². The number of aromatic nitrogens is 2. The molecule has 0 spiro atoms. The number of hydrogen-bond donors (Lipinski definition) is 1. The fourth-order valence-corrected chi connectivity index (χ4v) is 0.656. The summed E-state index contributed by atoms with van der Waals surface area (Å²) >= 11 is 5.52. The van der Waals surface area contributed by atoms with Crippen molar-refractivity contribution in [1.29, 1.82) is 0 Å². The van der Waals surface area contributed by atoms with Crippen LogP contribution in [-0.2, 0) is 7.05 Å². The van der Waals surface area contributed by atoms with E-state index in [4.69, 9.17) is 17.3 Å². The SMILES string of the molecule is Cn1cc(Cl)c(N)n1. The Bertz CT molecular complexity index is 174. The minimum absolute atomic E-state index is 0.383. The third-order valence-corrected chi connectivity index (χ3v) is 1.10. The van der Waals surface area contributed by atoms with E-state index in [-0.39, 0.29) is 0 Å². The first-order chi connectivity index (χ1) is 3.70. The number of hydrogen-bond acceptors (Lipinski definition) is 2. The summed E-state index contributed by atoms with van der Waals surface area (Å²) in [6.07, 6.45) is 1.65. The molecule has 1 aromatic rings. The van der Waals surface area contributed by atoms with Gasteiger partial charge < -0.3 is 5.73 Å². The van der Waals surface area contributed by atoms with Gasteiger partial charge in [-0.15, -0.1) is 0 Å². The molecule has 8 heavy (non-hydrogen) atoms. The van der Waals surface area contributed by atoms with E-state index in [2.05, 4.69) is 5.10 Å². The van der Waals surface area contributed by atoms with Crippen LogP contribution >= 0.6 is 11.6 Å². The molecular weight excluding hydrogens is 126 g/mol. The van der Waals surface area contributed by atoms with Crippen molar-refractivity contribution >= 4 is 17.4 Å². The summed E-state index contributed by atoms with van der Waals surface area (Å²) in [4.78, 5) is 0. The van der Waals surface area contributed by atoms with E-state index >= 15 is 0 Å². The largest absolute Gasteiger partial charge is 0.381 e. The fraction of sp³-hybridized carbons (Fsp3) is 0.250. The van der Waals surface area contributed by atoms with Crippen LogP contribution in [0.2, 0.25) is 5.02 Å². The van der Waals surface area contributed by atoms with Gasteiger partial charge in [0, 0.05) is 13.2 Å². The summed E-state index contributed by atoms with van der Waals surface area (Å²) in [5, 5.41) is 4.28. The zero-order chi connectivity index (χ0) is 6.15. The van der Waals surface area contributed by atoms with E-state index in [1.807, 2.05) is 0 Å². The molecule has 44 valence electrons. The second kappa shape index (κ2) is 1.67. The van der Waals surface area contributed by atoms with E-state index < -0.39 is 0 Å². The molecule has 1 rings (SSSR count). The minimum atomic E-state index is 0.383. The lowest BCUT2D eigenvalue weighted by atomic mass is 10.7. The topological polar surface area (TPSA) is 43.8 Å². The zero-order valence-corrected chi connectivity index (χ0v) is 5.18. The molecule has 0 aliphatic heterocycles. The lowest BCUT2D eigenvalue weighted by molar-refractivity contribution is 0.772. The Morgan fingerprint density at radius 1 is 1.88 bits per heavy atom. The van der Waals surface area contributed by atoms with Crippen LogP contribution in [0.5, 0.6) is 0 Å². The van der Waals surface area contributed by atoms with Gasteiger partial charge in [0.25, 0.3) is 0 Å². The number of nitrogens with two attached hydrogens (primary N) is 1. The first-order valence-electron chi connectivity index (χ1n) is 2.15. The number of halogens is 1. The predicted molar refractivity (Wildman–Crippen MR) is 32.6 cm³/mol. The monoisotopic (exact) mass is 131 g/mol. The highest BCUT2D eigenvalue weighted by Gasteiger charge is 1.96. The molecule has 0 saturated heterocycles. The van der Waals surface area contributed by atoms with Gasteiger partial charge in [-0.25, -0.2) is 0 Å². The maximum Gasteiger partial charge on any atom is 0.164 e. The van der Waals surface area contributed by atoms with E-state index in [9.17, 15) is 0 Å². The molecule has 0 radical (unpaired) electrons. The van der Waals surface area contributed by atoms with Gasteiger partial charge in [0.2, 0.25) is 0 Å². The van der Waals surface area contributed by atoms with E-state index in [1.54, 1.807) is 17.9 Å². The van der Waals surface area contributed by atoms with Crippen molar-refractivity contribution in [1.82, 2.24) is 9.78 Å². The highest BCUT2D eigenvalue weighted by atomic mass is 35.5. The van der Waals surface area contributed by atoms with E-state index in [0.29, 0.717) is 10.8 Å². The van der Waals surface area contributed by atoms with Gasteiger partial charge in [-0.2, -0.15) is 5.10 Å². The van der Waals surface area contributed by atoms with Crippen molar-refractivity contribution in [2.45, 2.75) is 0 Å². The Hall–Kier alpha value is -0.700. The maximum absolute atomic E-state index is 5.52. The first kappa shape index (κ1) is 5.44. The summed E-state index contributed by atoms with van der Waals surface area (Å²) in [6, 6.07) is 0. The van der Waals surface area contributed by atoms with Crippen LogP contribution in [0, 0.1) is 0 Å². The normalized spacial score (nSPS) is 9.75. The molecule has 0 aromatic carbocycles. The molecule has 0 unspecified atom stereocenters. The van der Waals surface area contributed by atoms with E-state index in [0.717, 1.165) is 0 Å². The van der Waals surface area contributed by atoms with Crippen molar-refractivity contribution < 1.29 is 0 Å². The lowest BCUT2D eigenvalue weighted by Crippen LogP contribution is -1.90. The number of anilines is 1. The van der Waals surface area contributed by atoms with Gasteiger partial charge >= 0.3 is 0 Å². The Morgan fingerprint density at radius 2 is 2.50 bits per heavy atom. The van der Waals surface area contributed by atoms with Crippen LogP contribution in [0.3, 0.4) is 0 Å². The van der Waals surface area contributed by atoms with Gasteiger partial charge in [-0.3, -0.25) is 4.68 Å². The smallest absolute Gasteiger partial charge is 0.164 e. The lowest BCUT2D eigenvalue weighted by Gasteiger charge is -1.79. The van der Waals surface area contributed by atoms with Gasteiger partial charge in [-0.1, -0.05) is 11.6 Å². The quantitative estimate of drug-likeness (QED) is 0.562. The summed E-state index contributed by atoms with van der Waals surface area (Å²) < 4.78 is 1.57. The van der Waals surface area contributed by atoms with Gasteiger partial charge in [0.05, 0.1) is 0 Å². The maximum atomic E-state index is 5.52.